The van der Waals surface area contributed by atoms with Crippen molar-refractivity contribution in [3.63, 3.8) is 0 Å². The van der Waals surface area contributed by atoms with E-state index in [0.717, 1.165) is 23.6 Å². The second kappa shape index (κ2) is 7.99. The summed E-state index contributed by atoms with van der Waals surface area (Å²) in [4.78, 5) is 17.1. The molecule has 4 rings (SSSR count). The average Bonchev–Trinajstić information content (AvgIpc) is 3.42. The molecule has 0 aliphatic heterocycles. The molecule has 3 aromatic rings. The number of ether oxygens (including phenoxy) is 1. The van der Waals surface area contributed by atoms with E-state index in [1.54, 1.807) is 12.1 Å². The van der Waals surface area contributed by atoms with Gasteiger partial charge in [0.25, 0.3) is 0 Å². The molecule has 2 heterocycles. The average molecular weight is 401 g/mol. The number of carbonyl (C=O) groups is 1. The molecule has 1 aromatic carbocycles. The maximum absolute atomic E-state index is 13.0. The zero-order valence-corrected chi connectivity index (χ0v) is 17.0. The van der Waals surface area contributed by atoms with Gasteiger partial charge < -0.3 is 10.1 Å². The summed E-state index contributed by atoms with van der Waals surface area (Å²) in [6.07, 6.45) is 4.04. The van der Waals surface area contributed by atoms with Crippen LogP contribution in [-0.4, -0.2) is 27.3 Å². The van der Waals surface area contributed by atoms with E-state index in [1.165, 1.54) is 6.20 Å². The van der Waals surface area contributed by atoms with Gasteiger partial charge in [0.2, 0.25) is 5.91 Å². The van der Waals surface area contributed by atoms with Crippen LogP contribution in [0.25, 0.3) is 0 Å². The fraction of sp³-hybridized carbons (Fsp3) is 0.304. The SMILES string of the molecule is CCn1cc(OC[C@]2(c3ccccc3)C[C@@H]2C(=O)Nc2ccc(C#N)cn2)c(C)n1. The van der Waals surface area contributed by atoms with Crippen molar-refractivity contribution in [2.24, 2.45) is 5.92 Å². The van der Waals surface area contributed by atoms with Crippen LogP contribution in [0.5, 0.6) is 5.75 Å². The molecule has 0 bridgehead atoms. The van der Waals surface area contributed by atoms with Crippen LogP contribution in [0.3, 0.4) is 0 Å². The van der Waals surface area contributed by atoms with E-state index in [9.17, 15) is 4.79 Å². The van der Waals surface area contributed by atoms with Gasteiger partial charge in [-0.25, -0.2) is 4.98 Å². The first-order valence-corrected chi connectivity index (χ1v) is 9.95. The summed E-state index contributed by atoms with van der Waals surface area (Å²) in [6, 6.07) is 15.3. The highest BCUT2D eigenvalue weighted by atomic mass is 16.5. The Kier molecular flexibility index (Phi) is 5.23. The molecule has 1 saturated carbocycles. The van der Waals surface area contributed by atoms with Gasteiger partial charge in [0.15, 0.2) is 5.75 Å². The zero-order valence-electron chi connectivity index (χ0n) is 17.0. The molecule has 7 nitrogen and oxygen atoms in total. The Morgan fingerprint density at radius 3 is 2.77 bits per heavy atom. The first kappa shape index (κ1) is 19.6. The highest BCUT2D eigenvalue weighted by Gasteiger charge is 2.60. The molecule has 1 fully saturated rings. The monoisotopic (exact) mass is 401 g/mol. The van der Waals surface area contributed by atoms with Crippen molar-refractivity contribution in [2.75, 3.05) is 11.9 Å². The number of amides is 1. The normalized spacial score (nSPS) is 19.7. The van der Waals surface area contributed by atoms with Crippen LogP contribution in [0.15, 0.2) is 54.9 Å². The van der Waals surface area contributed by atoms with Crippen LogP contribution in [-0.2, 0) is 16.8 Å². The van der Waals surface area contributed by atoms with Crippen LogP contribution in [0.2, 0.25) is 0 Å². The van der Waals surface area contributed by atoms with Gasteiger partial charge in [0, 0.05) is 18.2 Å². The van der Waals surface area contributed by atoms with Gasteiger partial charge >= 0.3 is 0 Å². The lowest BCUT2D eigenvalue weighted by Crippen LogP contribution is -2.26. The molecule has 0 saturated heterocycles. The minimum Gasteiger partial charge on any atom is -0.489 e. The molecule has 152 valence electrons. The third kappa shape index (κ3) is 3.77. The van der Waals surface area contributed by atoms with Crippen molar-refractivity contribution in [3.8, 4) is 11.8 Å². The summed E-state index contributed by atoms with van der Waals surface area (Å²) in [7, 11) is 0. The summed E-state index contributed by atoms with van der Waals surface area (Å²) in [5.74, 6) is 0.861. The minimum atomic E-state index is -0.390. The number of nitrogens with one attached hydrogen (secondary N) is 1. The van der Waals surface area contributed by atoms with Gasteiger partial charge in [-0.3, -0.25) is 9.48 Å². The Hall–Kier alpha value is -3.66. The maximum Gasteiger partial charge on any atom is 0.229 e. The first-order valence-electron chi connectivity index (χ1n) is 9.95. The van der Waals surface area contributed by atoms with Gasteiger partial charge in [0.1, 0.15) is 17.6 Å². The summed E-state index contributed by atoms with van der Waals surface area (Å²) in [5, 5.41) is 16.2. The minimum absolute atomic E-state index is 0.0966. The third-order valence-corrected chi connectivity index (χ3v) is 5.59. The predicted molar refractivity (Wildman–Crippen MR) is 112 cm³/mol. The third-order valence-electron chi connectivity index (χ3n) is 5.59. The molecule has 1 aliphatic carbocycles. The number of carbonyl (C=O) groups excluding carboxylic acids is 1. The Labute approximate surface area is 175 Å². The fourth-order valence-corrected chi connectivity index (χ4v) is 3.74. The number of pyridine rings is 1. The van der Waals surface area contributed by atoms with E-state index in [-0.39, 0.29) is 11.8 Å². The number of aryl methyl sites for hydroxylation is 2. The molecule has 1 amide bonds. The number of aromatic nitrogens is 3. The van der Waals surface area contributed by atoms with E-state index >= 15 is 0 Å². The van der Waals surface area contributed by atoms with Crippen LogP contribution in [0.4, 0.5) is 5.82 Å². The molecule has 0 radical (unpaired) electrons. The Bertz CT molecular complexity index is 1090. The largest absolute Gasteiger partial charge is 0.489 e. The van der Waals surface area contributed by atoms with Crippen LogP contribution in [0, 0.1) is 24.2 Å². The number of benzene rings is 1. The summed E-state index contributed by atoms with van der Waals surface area (Å²) < 4.78 is 7.99. The summed E-state index contributed by atoms with van der Waals surface area (Å²) >= 11 is 0. The zero-order chi connectivity index (χ0) is 21.1. The topological polar surface area (TPSA) is 92.8 Å². The second-order valence-corrected chi connectivity index (χ2v) is 7.54. The van der Waals surface area contributed by atoms with E-state index in [0.29, 0.717) is 24.4 Å². The molecule has 30 heavy (non-hydrogen) atoms. The molecule has 1 aliphatic rings. The van der Waals surface area contributed by atoms with Crippen LogP contribution < -0.4 is 10.1 Å². The van der Waals surface area contributed by atoms with Crippen LogP contribution in [0.1, 0.15) is 30.2 Å². The Morgan fingerprint density at radius 2 is 2.13 bits per heavy atom. The maximum atomic E-state index is 13.0. The van der Waals surface area contributed by atoms with E-state index in [2.05, 4.69) is 15.4 Å². The van der Waals surface area contributed by atoms with Crippen molar-refractivity contribution in [2.45, 2.75) is 32.2 Å². The van der Waals surface area contributed by atoms with E-state index in [1.807, 2.05) is 61.1 Å². The Balaban J connectivity index is 1.52. The van der Waals surface area contributed by atoms with Crippen molar-refractivity contribution in [1.82, 2.24) is 14.8 Å². The number of anilines is 1. The molecule has 7 heteroatoms. The lowest BCUT2D eigenvalue weighted by atomic mass is 9.93. The summed E-state index contributed by atoms with van der Waals surface area (Å²) in [5.41, 5.74) is 1.98. The molecular formula is C23H23N5O2. The molecule has 0 unspecified atom stereocenters. The van der Waals surface area contributed by atoms with E-state index in [4.69, 9.17) is 10.00 Å². The molecular weight excluding hydrogens is 378 g/mol. The standard InChI is InChI=1S/C23H23N5O2/c1-3-28-14-20(16(2)27-28)30-15-23(18-7-5-4-6-8-18)11-19(23)22(29)26-21-10-9-17(12-24)13-25-21/h4-10,13-14,19H,3,11,15H2,1-2H3,(H,25,26,29)/t19-,23+/m1/s1. The number of hydrogen-bond donors (Lipinski definition) is 1. The second-order valence-electron chi connectivity index (χ2n) is 7.54. The predicted octanol–water partition coefficient (Wildman–Crippen LogP) is 3.45. The van der Waals surface area contributed by atoms with Gasteiger partial charge in [-0.2, -0.15) is 10.4 Å². The quantitative estimate of drug-likeness (QED) is 0.654. The number of nitriles is 1. The van der Waals surface area contributed by atoms with Gasteiger partial charge in [0.05, 0.1) is 24.3 Å². The van der Waals surface area contributed by atoms with Crippen LogP contribution >= 0.6 is 0 Å². The molecule has 0 spiro atoms. The number of nitrogens with zero attached hydrogens (tertiary/aromatic N) is 4. The van der Waals surface area contributed by atoms with Gasteiger partial charge in [-0.1, -0.05) is 30.3 Å². The van der Waals surface area contributed by atoms with Crippen molar-refractivity contribution >= 4 is 11.7 Å². The molecule has 2 aromatic heterocycles. The lowest BCUT2D eigenvalue weighted by molar-refractivity contribution is -0.117. The van der Waals surface area contributed by atoms with Crippen molar-refractivity contribution in [3.05, 3.63) is 71.7 Å². The Morgan fingerprint density at radius 1 is 1.33 bits per heavy atom. The van der Waals surface area contributed by atoms with Crippen molar-refractivity contribution in [1.29, 1.82) is 5.26 Å². The lowest BCUT2D eigenvalue weighted by Gasteiger charge is -2.18. The summed E-state index contributed by atoms with van der Waals surface area (Å²) in [6.45, 7) is 5.12. The van der Waals surface area contributed by atoms with Gasteiger partial charge in [-0.15, -0.1) is 0 Å². The van der Waals surface area contributed by atoms with Crippen molar-refractivity contribution < 1.29 is 9.53 Å². The smallest absolute Gasteiger partial charge is 0.229 e. The van der Waals surface area contributed by atoms with E-state index < -0.39 is 5.41 Å². The number of rotatable bonds is 7. The highest BCUT2D eigenvalue weighted by Crippen LogP contribution is 2.55. The highest BCUT2D eigenvalue weighted by molar-refractivity contribution is 5.95. The molecule has 1 N–H and O–H groups in total. The number of hydrogen-bond acceptors (Lipinski definition) is 5. The first-order chi connectivity index (χ1) is 14.6. The molecule has 2 atom stereocenters. The fourth-order valence-electron chi connectivity index (χ4n) is 3.74. The van der Waals surface area contributed by atoms with Gasteiger partial charge in [-0.05, 0) is 38.0 Å².